The fourth-order valence-electron chi connectivity index (χ4n) is 2.68. The Kier molecular flexibility index (Phi) is 3.63. The van der Waals surface area contributed by atoms with Gasteiger partial charge in [-0.25, -0.2) is 5.84 Å². The van der Waals surface area contributed by atoms with E-state index in [-0.39, 0.29) is 6.10 Å². The minimum Gasteiger partial charge on any atom is -0.460 e. The van der Waals surface area contributed by atoms with Crippen molar-refractivity contribution in [3.8, 4) is 6.01 Å². The van der Waals surface area contributed by atoms with E-state index in [9.17, 15) is 0 Å². The van der Waals surface area contributed by atoms with E-state index in [1.165, 1.54) is 25.7 Å². The Morgan fingerprint density at radius 2 is 1.79 bits per heavy atom. The van der Waals surface area contributed by atoms with E-state index in [1.807, 2.05) is 0 Å². The van der Waals surface area contributed by atoms with Crippen molar-refractivity contribution in [3.05, 3.63) is 0 Å². The number of hydrazine groups is 1. The molecule has 0 amide bonds. The van der Waals surface area contributed by atoms with E-state index in [0.29, 0.717) is 17.9 Å². The van der Waals surface area contributed by atoms with E-state index >= 15 is 0 Å². The van der Waals surface area contributed by atoms with E-state index in [4.69, 9.17) is 10.6 Å². The highest BCUT2D eigenvalue weighted by molar-refractivity contribution is 5.38. The van der Waals surface area contributed by atoms with Crippen molar-refractivity contribution in [1.29, 1.82) is 0 Å². The van der Waals surface area contributed by atoms with Crippen LogP contribution in [0, 0.1) is 0 Å². The quantitative estimate of drug-likeness (QED) is 0.621. The highest BCUT2D eigenvalue weighted by Crippen LogP contribution is 2.24. The minimum atomic E-state index is 0.236. The predicted octanol–water partition coefficient (Wildman–Crippen LogP) is 1.08. The lowest BCUT2D eigenvalue weighted by atomic mass is 10.3. The van der Waals surface area contributed by atoms with Crippen molar-refractivity contribution in [2.45, 2.75) is 44.6 Å². The zero-order valence-electron chi connectivity index (χ0n) is 11.0. The molecule has 0 unspecified atom stereocenters. The first-order chi connectivity index (χ1) is 9.35. The van der Waals surface area contributed by atoms with Crippen molar-refractivity contribution in [3.63, 3.8) is 0 Å². The van der Waals surface area contributed by atoms with Crippen LogP contribution in [0.4, 0.5) is 11.9 Å². The molecule has 19 heavy (non-hydrogen) atoms. The van der Waals surface area contributed by atoms with Crippen molar-refractivity contribution >= 4 is 11.9 Å². The van der Waals surface area contributed by atoms with Crippen LogP contribution in [-0.2, 0) is 0 Å². The fourth-order valence-corrected chi connectivity index (χ4v) is 2.68. The number of nitrogens with zero attached hydrogens (tertiary/aromatic N) is 4. The van der Waals surface area contributed by atoms with Gasteiger partial charge in [0.15, 0.2) is 0 Å². The molecule has 0 atom stereocenters. The van der Waals surface area contributed by atoms with Crippen molar-refractivity contribution < 1.29 is 4.74 Å². The van der Waals surface area contributed by atoms with E-state index < -0.39 is 0 Å². The number of hydrogen-bond acceptors (Lipinski definition) is 7. The Morgan fingerprint density at radius 1 is 1.05 bits per heavy atom. The van der Waals surface area contributed by atoms with Gasteiger partial charge < -0.3 is 9.64 Å². The molecule has 1 saturated heterocycles. The molecule has 7 nitrogen and oxygen atoms in total. The van der Waals surface area contributed by atoms with Crippen LogP contribution in [0.25, 0.3) is 0 Å². The molecule has 3 N–H and O–H groups in total. The lowest BCUT2D eigenvalue weighted by Gasteiger charge is -2.17. The van der Waals surface area contributed by atoms with Crippen LogP contribution in [0.2, 0.25) is 0 Å². The number of aromatic nitrogens is 3. The molecule has 1 saturated carbocycles. The number of hydrogen-bond donors (Lipinski definition) is 2. The van der Waals surface area contributed by atoms with Gasteiger partial charge >= 0.3 is 6.01 Å². The zero-order valence-corrected chi connectivity index (χ0v) is 11.0. The normalized spacial score (nSPS) is 19.9. The van der Waals surface area contributed by atoms with Gasteiger partial charge in [-0.2, -0.15) is 15.0 Å². The number of nitrogens with two attached hydrogens (primary N) is 1. The summed E-state index contributed by atoms with van der Waals surface area (Å²) in [6.45, 7) is 1.97. The van der Waals surface area contributed by atoms with Crippen molar-refractivity contribution in [2.24, 2.45) is 5.84 Å². The maximum Gasteiger partial charge on any atom is 0.323 e. The first kappa shape index (κ1) is 12.4. The molecule has 2 fully saturated rings. The van der Waals surface area contributed by atoms with E-state index in [0.717, 1.165) is 25.9 Å². The molecular weight excluding hydrogens is 244 g/mol. The van der Waals surface area contributed by atoms with Crippen LogP contribution in [0.15, 0.2) is 0 Å². The van der Waals surface area contributed by atoms with Gasteiger partial charge in [0, 0.05) is 13.1 Å². The summed E-state index contributed by atoms with van der Waals surface area (Å²) >= 11 is 0. The summed E-state index contributed by atoms with van der Waals surface area (Å²) in [6, 6.07) is 0.386. The summed E-state index contributed by atoms with van der Waals surface area (Å²) in [4.78, 5) is 15.0. The topological polar surface area (TPSA) is 89.2 Å². The van der Waals surface area contributed by atoms with Gasteiger partial charge in [-0.1, -0.05) is 0 Å². The third kappa shape index (κ3) is 2.86. The Balaban J connectivity index is 1.79. The smallest absolute Gasteiger partial charge is 0.323 e. The Morgan fingerprint density at radius 3 is 2.47 bits per heavy atom. The second-order valence-corrected chi connectivity index (χ2v) is 5.10. The van der Waals surface area contributed by atoms with E-state index in [1.54, 1.807) is 0 Å². The molecule has 0 bridgehead atoms. The second-order valence-electron chi connectivity index (χ2n) is 5.10. The number of ether oxygens (including phenoxy) is 1. The largest absolute Gasteiger partial charge is 0.460 e. The Hall–Kier alpha value is -1.63. The monoisotopic (exact) mass is 264 g/mol. The zero-order chi connectivity index (χ0) is 13.1. The minimum absolute atomic E-state index is 0.236. The number of rotatable bonds is 4. The van der Waals surface area contributed by atoms with Gasteiger partial charge in [0.1, 0.15) is 6.10 Å². The molecule has 2 aliphatic rings. The summed E-state index contributed by atoms with van der Waals surface area (Å²) in [7, 11) is 0. The lowest BCUT2D eigenvalue weighted by Crippen LogP contribution is -2.23. The van der Waals surface area contributed by atoms with Crippen LogP contribution in [0.3, 0.4) is 0 Å². The molecule has 1 aromatic rings. The average Bonchev–Trinajstić information content (AvgIpc) is 3.11. The summed E-state index contributed by atoms with van der Waals surface area (Å²) in [6.07, 6.45) is 7.19. The molecule has 104 valence electrons. The van der Waals surface area contributed by atoms with Gasteiger partial charge in [-0.05, 0) is 38.5 Å². The highest BCUT2D eigenvalue weighted by Gasteiger charge is 2.21. The van der Waals surface area contributed by atoms with Crippen LogP contribution in [-0.4, -0.2) is 34.1 Å². The van der Waals surface area contributed by atoms with Gasteiger partial charge in [-0.3, -0.25) is 5.43 Å². The Bertz CT molecular complexity index is 428. The molecule has 3 rings (SSSR count). The molecule has 2 heterocycles. The van der Waals surface area contributed by atoms with Gasteiger partial charge in [0.05, 0.1) is 0 Å². The molecule has 1 aromatic heterocycles. The Labute approximate surface area is 112 Å². The third-order valence-electron chi connectivity index (χ3n) is 3.70. The molecular formula is C12H20N6O. The van der Waals surface area contributed by atoms with Gasteiger partial charge in [0.25, 0.3) is 0 Å². The maximum absolute atomic E-state index is 5.83. The molecule has 7 heteroatoms. The van der Waals surface area contributed by atoms with Crippen LogP contribution in [0.1, 0.15) is 38.5 Å². The van der Waals surface area contributed by atoms with Crippen molar-refractivity contribution in [2.75, 3.05) is 23.4 Å². The number of anilines is 2. The highest BCUT2D eigenvalue weighted by atomic mass is 16.5. The summed E-state index contributed by atoms with van der Waals surface area (Å²) in [5.41, 5.74) is 2.49. The molecule has 0 aromatic carbocycles. The first-order valence-corrected chi connectivity index (χ1v) is 6.99. The average molecular weight is 264 g/mol. The molecule has 0 radical (unpaired) electrons. The van der Waals surface area contributed by atoms with Gasteiger partial charge in [-0.15, -0.1) is 0 Å². The predicted molar refractivity (Wildman–Crippen MR) is 72.0 cm³/mol. The lowest BCUT2D eigenvalue weighted by molar-refractivity contribution is 0.192. The van der Waals surface area contributed by atoms with Crippen LogP contribution >= 0.6 is 0 Å². The third-order valence-corrected chi connectivity index (χ3v) is 3.70. The number of nitrogen functional groups attached to an aromatic ring is 1. The summed E-state index contributed by atoms with van der Waals surface area (Å²) in [5, 5.41) is 0. The fraction of sp³-hybridized carbons (Fsp3) is 0.750. The van der Waals surface area contributed by atoms with Crippen molar-refractivity contribution in [1.82, 2.24) is 15.0 Å². The van der Waals surface area contributed by atoms with E-state index in [2.05, 4.69) is 25.3 Å². The molecule has 1 aliphatic carbocycles. The number of nitrogens with one attached hydrogen (secondary N) is 1. The van der Waals surface area contributed by atoms with Crippen LogP contribution < -0.4 is 20.9 Å². The SMILES string of the molecule is NNc1nc(OC2CCCC2)nc(N2CCCC2)n1. The summed E-state index contributed by atoms with van der Waals surface area (Å²) in [5.74, 6) is 6.44. The van der Waals surface area contributed by atoms with Crippen LogP contribution in [0.5, 0.6) is 6.01 Å². The second kappa shape index (κ2) is 5.56. The summed E-state index contributed by atoms with van der Waals surface area (Å²) < 4.78 is 5.83. The first-order valence-electron chi connectivity index (χ1n) is 6.99. The molecule has 0 spiro atoms. The maximum atomic E-state index is 5.83. The molecule has 1 aliphatic heterocycles. The standard InChI is InChI=1S/C12H20N6O/c13-17-10-14-11(18-7-3-4-8-18)16-12(15-10)19-9-5-1-2-6-9/h9H,1-8,13H2,(H,14,15,16,17). The van der Waals surface area contributed by atoms with Gasteiger partial charge in [0.2, 0.25) is 11.9 Å².